The molecule has 0 radical (unpaired) electrons. The van der Waals surface area contributed by atoms with Crippen LogP contribution in [0.4, 0.5) is 0 Å². The number of aromatic amines is 1. The van der Waals surface area contributed by atoms with Gasteiger partial charge in [-0.25, -0.2) is 21.6 Å². The van der Waals surface area contributed by atoms with Crippen LogP contribution in [0.25, 0.3) is 0 Å². The number of H-pyrrole nitrogens is 1. The number of aryl methyl sites for hydroxylation is 2. The molecular formula is C12H24N4O4S2. The number of sulfonamides is 2. The second kappa shape index (κ2) is 6.26. The largest absolute Gasteiger partial charge is 0.281 e. The fraction of sp³-hybridized carbons (Fsp3) is 0.750. The van der Waals surface area contributed by atoms with Gasteiger partial charge in [0.15, 0.2) is 0 Å². The van der Waals surface area contributed by atoms with Gasteiger partial charge in [-0.1, -0.05) is 0 Å². The molecule has 1 aromatic heterocycles. The zero-order valence-corrected chi connectivity index (χ0v) is 15.4. The second-order valence-electron chi connectivity index (χ2n) is 6.17. The molecule has 0 aliphatic rings. The summed E-state index contributed by atoms with van der Waals surface area (Å²) in [5.41, 5.74) is 0.196. The third-order valence-corrected chi connectivity index (χ3v) is 6.34. The topological polar surface area (TPSA) is 112 Å². The molecule has 0 unspecified atom stereocenters. The van der Waals surface area contributed by atoms with Gasteiger partial charge in [0.25, 0.3) is 0 Å². The highest BCUT2D eigenvalue weighted by molar-refractivity contribution is 7.89. The Hall–Kier alpha value is -0.970. The molecule has 1 aromatic rings. The van der Waals surface area contributed by atoms with Crippen LogP contribution in [0.1, 0.15) is 32.2 Å². The fourth-order valence-electron chi connectivity index (χ4n) is 2.29. The molecule has 0 saturated carbocycles. The van der Waals surface area contributed by atoms with Crippen LogP contribution in [0.5, 0.6) is 0 Å². The summed E-state index contributed by atoms with van der Waals surface area (Å²) in [4.78, 5) is 0.106. The van der Waals surface area contributed by atoms with Crippen LogP contribution in [0.15, 0.2) is 4.90 Å². The first-order valence-electron chi connectivity index (χ1n) is 6.76. The van der Waals surface area contributed by atoms with Gasteiger partial charge in [-0.2, -0.15) is 9.40 Å². The minimum atomic E-state index is -3.73. The van der Waals surface area contributed by atoms with E-state index in [2.05, 4.69) is 14.9 Å². The van der Waals surface area contributed by atoms with Gasteiger partial charge in [0.05, 0.1) is 17.6 Å². The lowest BCUT2D eigenvalue weighted by molar-refractivity contribution is 0.254. The maximum absolute atomic E-state index is 12.3. The number of hydrogen-bond acceptors (Lipinski definition) is 5. The molecule has 0 saturated heterocycles. The van der Waals surface area contributed by atoms with E-state index in [0.717, 1.165) is 6.26 Å². The summed E-state index contributed by atoms with van der Waals surface area (Å²) in [5.74, 6) is 0. The smallest absolute Gasteiger partial charge is 0.244 e. The minimum absolute atomic E-state index is 0.0171. The van der Waals surface area contributed by atoms with Gasteiger partial charge in [-0.3, -0.25) is 5.10 Å². The van der Waals surface area contributed by atoms with Crippen LogP contribution >= 0.6 is 0 Å². The van der Waals surface area contributed by atoms with Gasteiger partial charge in [-0.15, -0.1) is 0 Å². The molecule has 0 aromatic carbocycles. The first-order chi connectivity index (χ1) is 9.77. The average molecular weight is 352 g/mol. The van der Waals surface area contributed by atoms with Gasteiger partial charge in [0, 0.05) is 18.6 Å². The van der Waals surface area contributed by atoms with E-state index >= 15 is 0 Å². The lowest BCUT2D eigenvalue weighted by Crippen LogP contribution is -2.48. The highest BCUT2D eigenvalue weighted by Gasteiger charge is 2.30. The summed E-state index contributed by atoms with van der Waals surface area (Å²) in [6.07, 6.45) is 1.11. The molecule has 0 aliphatic heterocycles. The lowest BCUT2D eigenvalue weighted by Gasteiger charge is -2.33. The van der Waals surface area contributed by atoms with Crippen LogP contribution in [-0.4, -0.2) is 56.2 Å². The van der Waals surface area contributed by atoms with Gasteiger partial charge < -0.3 is 0 Å². The maximum Gasteiger partial charge on any atom is 0.244 e. The summed E-state index contributed by atoms with van der Waals surface area (Å²) in [6, 6.07) is 0. The Bertz CT molecular complexity index is 710. The quantitative estimate of drug-likeness (QED) is 0.768. The van der Waals surface area contributed by atoms with E-state index in [1.54, 1.807) is 34.6 Å². The van der Waals surface area contributed by atoms with Crippen LogP contribution in [0.3, 0.4) is 0 Å². The molecule has 0 aliphatic carbocycles. The van der Waals surface area contributed by atoms with Crippen molar-refractivity contribution in [1.29, 1.82) is 0 Å². The summed E-state index contributed by atoms with van der Waals surface area (Å²) < 4.78 is 51.8. The number of nitrogens with zero attached hydrogens (tertiary/aromatic N) is 2. The Labute approximate surface area is 132 Å². The normalized spacial score (nSPS) is 13.8. The van der Waals surface area contributed by atoms with E-state index in [4.69, 9.17) is 0 Å². The van der Waals surface area contributed by atoms with E-state index in [0.29, 0.717) is 11.4 Å². The first-order valence-corrected chi connectivity index (χ1v) is 10.1. The van der Waals surface area contributed by atoms with Crippen molar-refractivity contribution in [1.82, 2.24) is 19.2 Å². The van der Waals surface area contributed by atoms with Crippen molar-refractivity contribution in [3.8, 4) is 0 Å². The van der Waals surface area contributed by atoms with Crippen LogP contribution in [0, 0.1) is 13.8 Å². The lowest BCUT2D eigenvalue weighted by atomic mass is 10.1. The highest BCUT2D eigenvalue weighted by Crippen LogP contribution is 2.18. The second-order valence-corrected chi connectivity index (χ2v) is 9.78. The first kappa shape index (κ1) is 19.1. The van der Waals surface area contributed by atoms with Crippen molar-refractivity contribution in [2.75, 3.05) is 19.3 Å². The molecule has 0 atom stereocenters. The standard InChI is InChI=1S/C12H24N4O4S2/c1-9-11(10(2)15-14-9)22(19,20)13-7-8-16(12(3,4)5)21(6,17)18/h13H,7-8H2,1-6H3,(H,14,15). The van der Waals surface area contributed by atoms with Crippen molar-refractivity contribution in [3.63, 3.8) is 0 Å². The summed E-state index contributed by atoms with van der Waals surface area (Å²) in [6.45, 7) is 8.52. The zero-order chi connectivity index (χ0) is 17.3. The van der Waals surface area contributed by atoms with Crippen molar-refractivity contribution in [2.24, 2.45) is 0 Å². The molecule has 1 rings (SSSR count). The van der Waals surface area contributed by atoms with Crippen LogP contribution in [0.2, 0.25) is 0 Å². The zero-order valence-electron chi connectivity index (χ0n) is 13.8. The van der Waals surface area contributed by atoms with E-state index in [1.165, 1.54) is 4.31 Å². The molecule has 22 heavy (non-hydrogen) atoms. The van der Waals surface area contributed by atoms with Crippen molar-refractivity contribution in [2.45, 2.75) is 45.1 Å². The summed E-state index contributed by atoms with van der Waals surface area (Å²) in [7, 11) is -7.16. The van der Waals surface area contributed by atoms with Gasteiger partial charge in [0.2, 0.25) is 20.0 Å². The van der Waals surface area contributed by atoms with E-state index < -0.39 is 25.6 Å². The van der Waals surface area contributed by atoms with Gasteiger partial charge >= 0.3 is 0 Å². The molecule has 0 amide bonds. The summed E-state index contributed by atoms with van der Waals surface area (Å²) >= 11 is 0. The van der Waals surface area contributed by atoms with Gasteiger partial charge in [0.1, 0.15) is 4.90 Å². The Morgan fingerprint density at radius 2 is 1.73 bits per heavy atom. The Morgan fingerprint density at radius 3 is 2.09 bits per heavy atom. The van der Waals surface area contributed by atoms with E-state index in [1.807, 2.05) is 0 Å². The molecule has 2 N–H and O–H groups in total. The molecule has 10 heteroatoms. The molecule has 0 bridgehead atoms. The number of hydrogen-bond donors (Lipinski definition) is 2. The highest BCUT2D eigenvalue weighted by atomic mass is 32.2. The third-order valence-electron chi connectivity index (χ3n) is 3.08. The van der Waals surface area contributed by atoms with Crippen LogP contribution < -0.4 is 4.72 Å². The molecule has 8 nitrogen and oxygen atoms in total. The SMILES string of the molecule is Cc1n[nH]c(C)c1S(=O)(=O)NCCN(C(C)(C)C)S(C)(=O)=O. The molecule has 1 heterocycles. The molecule has 0 spiro atoms. The average Bonchev–Trinajstić information content (AvgIpc) is 2.61. The van der Waals surface area contributed by atoms with Crippen molar-refractivity contribution >= 4 is 20.0 Å². The molecule has 128 valence electrons. The Balaban J connectivity index is 2.86. The third kappa shape index (κ3) is 4.51. The van der Waals surface area contributed by atoms with Crippen molar-refractivity contribution in [3.05, 3.63) is 11.4 Å². The molecule has 0 fully saturated rings. The Kier molecular flexibility index (Phi) is 5.43. The van der Waals surface area contributed by atoms with E-state index in [9.17, 15) is 16.8 Å². The monoisotopic (exact) mass is 352 g/mol. The Morgan fingerprint density at radius 1 is 1.18 bits per heavy atom. The number of aromatic nitrogens is 2. The number of rotatable bonds is 6. The minimum Gasteiger partial charge on any atom is -0.281 e. The predicted octanol–water partition coefficient (Wildman–Crippen LogP) is 0.365. The molecular weight excluding hydrogens is 328 g/mol. The van der Waals surface area contributed by atoms with E-state index in [-0.39, 0.29) is 18.0 Å². The predicted molar refractivity (Wildman–Crippen MR) is 84.6 cm³/mol. The maximum atomic E-state index is 12.3. The van der Waals surface area contributed by atoms with Crippen LogP contribution in [-0.2, 0) is 20.0 Å². The van der Waals surface area contributed by atoms with Crippen molar-refractivity contribution < 1.29 is 16.8 Å². The fourth-order valence-corrected chi connectivity index (χ4v) is 5.09. The number of nitrogens with one attached hydrogen (secondary N) is 2. The van der Waals surface area contributed by atoms with Gasteiger partial charge in [-0.05, 0) is 34.6 Å². The summed E-state index contributed by atoms with van der Waals surface area (Å²) in [5, 5.41) is 6.47.